The first-order valence-corrected chi connectivity index (χ1v) is 18.8. The average Bonchev–Trinajstić information content (AvgIpc) is 3.55. The molecule has 1 saturated heterocycles. The van der Waals surface area contributed by atoms with Gasteiger partial charge >= 0.3 is 5.97 Å². The van der Waals surface area contributed by atoms with Crippen LogP contribution in [0.4, 0.5) is 4.39 Å². The highest BCUT2D eigenvalue weighted by molar-refractivity contribution is 5.37. The molecule has 0 spiro atoms. The minimum absolute atomic E-state index is 0.0116. The Morgan fingerprint density at radius 1 is 0.679 bits per heavy atom. The summed E-state index contributed by atoms with van der Waals surface area (Å²) in [6.45, 7) is 4.45. The van der Waals surface area contributed by atoms with Crippen molar-refractivity contribution in [2.45, 2.75) is 77.1 Å². The SMILES string of the molecule is Cc1ccc(Cc2c(O[C@]3(O)O[C@H](COCc4ccccc4)[C@@H](OCc4ccccc4)[C@H](OCc4ccccc4)[C@H]3OCc3ccccc3)n[nH]c2C)c(F)c1. The second-order valence-corrected chi connectivity index (χ2v) is 14.0. The lowest BCUT2D eigenvalue weighted by atomic mass is 9.96. The van der Waals surface area contributed by atoms with Gasteiger partial charge in [-0.1, -0.05) is 133 Å². The van der Waals surface area contributed by atoms with Gasteiger partial charge in [0, 0.05) is 17.7 Å². The number of halogens is 1. The molecule has 1 fully saturated rings. The smallest absolute Gasteiger partial charge is 0.356 e. The van der Waals surface area contributed by atoms with Crippen LogP contribution in [-0.4, -0.2) is 52.3 Å². The predicted octanol–water partition coefficient (Wildman–Crippen LogP) is 8.15. The Bertz CT molecular complexity index is 2100. The zero-order valence-corrected chi connectivity index (χ0v) is 31.6. The Morgan fingerprint density at radius 3 is 1.75 bits per heavy atom. The van der Waals surface area contributed by atoms with E-state index in [2.05, 4.69) is 10.2 Å². The molecule has 0 radical (unpaired) electrons. The highest BCUT2D eigenvalue weighted by Crippen LogP contribution is 2.38. The minimum atomic E-state index is -2.48. The molecule has 7 rings (SSSR count). The van der Waals surface area contributed by atoms with Crippen molar-refractivity contribution in [3.63, 3.8) is 0 Å². The Balaban J connectivity index is 1.26. The van der Waals surface area contributed by atoms with Crippen molar-refractivity contribution in [3.8, 4) is 5.88 Å². The molecule has 0 saturated carbocycles. The molecule has 5 aromatic carbocycles. The lowest BCUT2D eigenvalue weighted by molar-refractivity contribution is -0.436. The van der Waals surface area contributed by atoms with Crippen LogP contribution >= 0.6 is 0 Å². The van der Waals surface area contributed by atoms with Crippen LogP contribution in [0, 0.1) is 19.7 Å². The fourth-order valence-electron chi connectivity index (χ4n) is 6.75. The fourth-order valence-corrected chi connectivity index (χ4v) is 6.75. The number of aryl methyl sites for hydroxylation is 2. The number of ether oxygens (including phenoxy) is 6. The van der Waals surface area contributed by atoms with E-state index in [1.165, 1.54) is 6.07 Å². The largest absolute Gasteiger partial charge is 0.417 e. The lowest BCUT2D eigenvalue weighted by Gasteiger charge is -2.49. The van der Waals surface area contributed by atoms with Gasteiger partial charge in [-0.25, -0.2) is 4.39 Å². The zero-order chi connectivity index (χ0) is 38.7. The van der Waals surface area contributed by atoms with Gasteiger partial charge in [-0.2, -0.15) is 0 Å². The standard InChI is InChI=1S/C46H47FN2O7/c1-32-23-24-38(40(47)25-32)26-39-33(2)48-49-45(39)56-46(50)44(54-30-37-21-13-6-14-22-37)43(53-29-36-19-11-5-12-20-36)42(52-28-35-17-9-4-10-18-35)41(55-46)31-51-27-34-15-7-3-8-16-34/h3-25,41-44,50H,26-31H2,1-2H3,(H,48,49)/t41-,42-,43+,44-,46-/m1/s1. The Kier molecular flexibility index (Phi) is 13.0. The van der Waals surface area contributed by atoms with Crippen LogP contribution < -0.4 is 4.74 Å². The third kappa shape index (κ3) is 9.96. The topological polar surface area (TPSA) is 104 Å². The van der Waals surface area contributed by atoms with Crippen LogP contribution in [0.25, 0.3) is 0 Å². The second-order valence-electron chi connectivity index (χ2n) is 14.0. The maximum atomic E-state index is 15.2. The summed E-state index contributed by atoms with van der Waals surface area (Å²) >= 11 is 0. The van der Waals surface area contributed by atoms with E-state index in [9.17, 15) is 5.11 Å². The van der Waals surface area contributed by atoms with Gasteiger partial charge in [0.25, 0.3) is 0 Å². The number of benzene rings is 5. The number of hydrogen-bond acceptors (Lipinski definition) is 8. The van der Waals surface area contributed by atoms with Crippen molar-refractivity contribution in [1.29, 1.82) is 0 Å². The molecule has 1 aliphatic rings. The van der Waals surface area contributed by atoms with Crippen molar-refractivity contribution in [1.82, 2.24) is 10.2 Å². The molecule has 10 heteroatoms. The van der Waals surface area contributed by atoms with Crippen LogP contribution in [0.5, 0.6) is 5.88 Å². The van der Waals surface area contributed by atoms with Crippen molar-refractivity contribution < 1.29 is 37.9 Å². The predicted molar refractivity (Wildman–Crippen MR) is 209 cm³/mol. The van der Waals surface area contributed by atoms with Gasteiger partial charge in [0.2, 0.25) is 5.88 Å². The minimum Gasteiger partial charge on any atom is -0.417 e. The molecule has 0 aliphatic carbocycles. The summed E-state index contributed by atoms with van der Waals surface area (Å²) in [5, 5.41) is 20.2. The van der Waals surface area contributed by atoms with Gasteiger partial charge in [-0.15, -0.1) is 5.10 Å². The average molecular weight is 759 g/mol. The number of H-pyrrole nitrogens is 1. The summed E-state index contributed by atoms with van der Waals surface area (Å²) in [5.41, 5.74) is 6.13. The number of nitrogens with zero attached hydrogens (tertiary/aromatic N) is 1. The first kappa shape index (κ1) is 39.1. The van der Waals surface area contributed by atoms with Gasteiger partial charge in [0.05, 0.1) is 33.0 Å². The van der Waals surface area contributed by atoms with Crippen molar-refractivity contribution in [2.75, 3.05) is 6.61 Å². The number of aromatic nitrogens is 2. The third-order valence-corrected chi connectivity index (χ3v) is 9.76. The highest BCUT2D eigenvalue weighted by atomic mass is 19.1. The van der Waals surface area contributed by atoms with Crippen LogP contribution in [-0.2, 0) is 56.5 Å². The van der Waals surface area contributed by atoms with E-state index in [-0.39, 0.29) is 44.5 Å². The van der Waals surface area contributed by atoms with E-state index < -0.39 is 30.4 Å². The van der Waals surface area contributed by atoms with Crippen LogP contribution in [0.2, 0.25) is 0 Å². The number of hydrogen-bond donors (Lipinski definition) is 2. The normalized spacial score (nSPS) is 20.9. The van der Waals surface area contributed by atoms with Gasteiger partial charge in [-0.3, -0.25) is 5.10 Å². The molecule has 56 heavy (non-hydrogen) atoms. The number of aliphatic hydroxyl groups is 1. The molecular weight excluding hydrogens is 712 g/mol. The Morgan fingerprint density at radius 2 is 1.20 bits per heavy atom. The monoisotopic (exact) mass is 758 g/mol. The quantitative estimate of drug-likeness (QED) is 0.0899. The first-order chi connectivity index (χ1) is 27.3. The molecule has 0 unspecified atom stereocenters. The summed E-state index contributed by atoms with van der Waals surface area (Å²) in [4.78, 5) is 0. The van der Waals surface area contributed by atoms with Gasteiger partial charge < -0.3 is 33.5 Å². The Hall–Kier alpha value is -5.20. The molecule has 0 bridgehead atoms. The van der Waals surface area contributed by atoms with Gasteiger partial charge in [-0.05, 0) is 53.3 Å². The van der Waals surface area contributed by atoms with E-state index in [4.69, 9.17) is 28.4 Å². The Labute approximate surface area is 326 Å². The number of aromatic amines is 1. The first-order valence-electron chi connectivity index (χ1n) is 18.8. The molecular formula is C46H47FN2O7. The van der Waals surface area contributed by atoms with Crippen molar-refractivity contribution >= 4 is 0 Å². The van der Waals surface area contributed by atoms with Gasteiger partial charge in [0.15, 0.2) is 6.10 Å². The highest BCUT2D eigenvalue weighted by Gasteiger charge is 2.59. The molecule has 2 heterocycles. The van der Waals surface area contributed by atoms with Crippen LogP contribution in [0.15, 0.2) is 140 Å². The molecule has 290 valence electrons. The van der Waals surface area contributed by atoms with Crippen LogP contribution in [0.1, 0.15) is 44.6 Å². The summed E-state index contributed by atoms with van der Waals surface area (Å²) in [6, 6.07) is 44.0. The maximum Gasteiger partial charge on any atom is 0.356 e. The summed E-state index contributed by atoms with van der Waals surface area (Å²) in [6.07, 6.45) is -3.80. The summed E-state index contributed by atoms with van der Waals surface area (Å²) in [5.74, 6) is -2.80. The molecule has 1 aromatic heterocycles. The van der Waals surface area contributed by atoms with E-state index in [1.54, 1.807) is 6.07 Å². The third-order valence-electron chi connectivity index (χ3n) is 9.76. The van der Waals surface area contributed by atoms with Crippen molar-refractivity contribution in [2.24, 2.45) is 0 Å². The molecule has 2 N–H and O–H groups in total. The van der Waals surface area contributed by atoms with Gasteiger partial charge in [0.1, 0.15) is 24.1 Å². The molecule has 0 amide bonds. The number of rotatable bonds is 17. The summed E-state index contributed by atoms with van der Waals surface area (Å²) in [7, 11) is 0. The molecule has 6 aromatic rings. The van der Waals surface area contributed by atoms with Crippen molar-refractivity contribution in [3.05, 3.63) is 190 Å². The van der Waals surface area contributed by atoms with Crippen LogP contribution in [0.3, 0.4) is 0 Å². The zero-order valence-electron chi connectivity index (χ0n) is 31.6. The van der Waals surface area contributed by atoms with E-state index >= 15 is 4.39 Å². The fraction of sp³-hybridized carbons (Fsp3) is 0.283. The molecule has 1 aliphatic heterocycles. The molecule has 9 nitrogen and oxygen atoms in total. The van der Waals surface area contributed by atoms with E-state index in [0.717, 1.165) is 27.8 Å². The lowest BCUT2D eigenvalue weighted by Crippen LogP contribution is -2.69. The number of nitrogens with one attached hydrogen (secondary N) is 1. The maximum absolute atomic E-state index is 15.2. The molecule has 5 atom stereocenters. The van der Waals surface area contributed by atoms with E-state index in [1.807, 2.05) is 141 Å². The second kappa shape index (κ2) is 18.6. The summed E-state index contributed by atoms with van der Waals surface area (Å²) < 4.78 is 54.6. The van der Waals surface area contributed by atoms with E-state index in [0.29, 0.717) is 23.4 Å².